The topological polar surface area (TPSA) is 151 Å². The Balaban J connectivity index is 1.05. The van der Waals surface area contributed by atoms with Crippen LogP contribution in [0.15, 0.2) is 57.0 Å². The number of aromatic nitrogens is 3. The van der Waals surface area contributed by atoms with Gasteiger partial charge in [0.05, 0.1) is 31.0 Å². The first kappa shape index (κ1) is 38.0. The molecule has 1 atom stereocenters. The number of esters is 1. The Bertz CT molecular complexity index is 2090. The van der Waals surface area contributed by atoms with Crippen LogP contribution in [0.1, 0.15) is 67.1 Å². The Labute approximate surface area is 306 Å². The molecule has 284 valence electrons. The number of carbonyl (C=O) groups is 1. The van der Waals surface area contributed by atoms with Crippen LogP contribution in [0.3, 0.4) is 0 Å². The fourth-order valence-corrected chi connectivity index (χ4v) is 7.05. The minimum atomic E-state index is -0.790. The van der Waals surface area contributed by atoms with Gasteiger partial charge in [0, 0.05) is 61.6 Å². The number of ether oxygens (including phenoxy) is 2. The van der Waals surface area contributed by atoms with E-state index in [2.05, 4.69) is 36.0 Å². The molecule has 53 heavy (non-hydrogen) atoms. The molecule has 1 saturated carbocycles. The van der Waals surface area contributed by atoms with Crippen molar-refractivity contribution in [2.45, 2.75) is 71.5 Å². The SMILES string of the molecule is CCc1cc(Nc2cc(=O)n(CCCCN3CCN(c4cc5c(cc4F)c(=O)c(C(=O)OCCOCCO)cn5C4CC4)CC3C)c(=O)[nH]2)ccc1C. The maximum atomic E-state index is 15.7. The van der Waals surface area contributed by atoms with Crippen LogP contribution in [-0.4, -0.2) is 88.7 Å². The Hall–Kier alpha value is -4.79. The number of nitrogens with one attached hydrogen (secondary N) is 2. The number of nitrogens with zero attached hydrogens (tertiary/aromatic N) is 4. The zero-order chi connectivity index (χ0) is 37.6. The normalized spacial score (nSPS) is 16.3. The first-order valence-corrected chi connectivity index (χ1v) is 18.5. The van der Waals surface area contributed by atoms with E-state index in [0.29, 0.717) is 49.6 Å². The molecular weight excluding hydrogens is 683 g/mol. The average Bonchev–Trinajstić information content (AvgIpc) is 3.98. The number of piperazine rings is 1. The minimum Gasteiger partial charge on any atom is -0.459 e. The van der Waals surface area contributed by atoms with E-state index < -0.39 is 22.9 Å². The predicted octanol–water partition coefficient (Wildman–Crippen LogP) is 4.10. The molecule has 0 spiro atoms. The lowest BCUT2D eigenvalue weighted by Crippen LogP contribution is -2.52. The maximum absolute atomic E-state index is 15.7. The van der Waals surface area contributed by atoms with E-state index in [0.717, 1.165) is 37.9 Å². The number of hydrogen-bond acceptors (Lipinski definition) is 10. The number of aliphatic hydroxyl groups is 1. The molecular formula is C39H49FN6O7. The Morgan fingerprint density at radius 1 is 1.04 bits per heavy atom. The summed E-state index contributed by atoms with van der Waals surface area (Å²) in [6, 6.07) is 10.5. The fraction of sp³-hybridized carbons (Fsp3) is 0.487. The first-order valence-electron chi connectivity index (χ1n) is 18.5. The number of aromatic amines is 1. The Kier molecular flexibility index (Phi) is 12.1. The van der Waals surface area contributed by atoms with Gasteiger partial charge in [0.15, 0.2) is 0 Å². The molecule has 4 aromatic rings. The molecule has 1 aliphatic carbocycles. The quantitative estimate of drug-likeness (QED) is 0.114. The minimum absolute atomic E-state index is 0.0715. The number of anilines is 3. The lowest BCUT2D eigenvalue weighted by Gasteiger charge is -2.41. The molecule has 2 aromatic carbocycles. The largest absolute Gasteiger partial charge is 0.459 e. The lowest BCUT2D eigenvalue weighted by atomic mass is 10.1. The zero-order valence-electron chi connectivity index (χ0n) is 30.7. The lowest BCUT2D eigenvalue weighted by molar-refractivity contribution is 0.0256. The molecule has 2 fully saturated rings. The smallest absolute Gasteiger partial charge is 0.343 e. The second-order valence-electron chi connectivity index (χ2n) is 13.9. The van der Waals surface area contributed by atoms with Crippen LogP contribution in [-0.2, 0) is 22.4 Å². The molecule has 13 nitrogen and oxygen atoms in total. The number of carbonyl (C=O) groups excluding carboxylic acids is 1. The Morgan fingerprint density at radius 2 is 1.83 bits per heavy atom. The first-order chi connectivity index (χ1) is 25.6. The number of benzene rings is 2. The van der Waals surface area contributed by atoms with Crippen LogP contribution in [0.25, 0.3) is 10.9 Å². The van der Waals surface area contributed by atoms with Crippen LogP contribution in [0, 0.1) is 12.7 Å². The van der Waals surface area contributed by atoms with Crippen molar-refractivity contribution in [3.8, 4) is 0 Å². The molecule has 1 unspecified atom stereocenters. The second kappa shape index (κ2) is 16.9. The number of hydrogen-bond donors (Lipinski definition) is 3. The van der Waals surface area contributed by atoms with Crippen molar-refractivity contribution in [2.75, 3.05) is 62.8 Å². The van der Waals surface area contributed by atoms with Crippen LogP contribution in [0.5, 0.6) is 0 Å². The number of halogens is 1. The summed E-state index contributed by atoms with van der Waals surface area (Å²) in [7, 11) is 0. The third-order valence-corrected chi connectivity index (χ3v) is 10.2. The summed E-state index contributed by atoms with van der Waals surface area (Å²) in [5, 5.41) is 12.1. The molecule has 3 N–H and O–H groups in total. The van der Waals surface area contributed by atoms with Gasteiger partial charge in [-0.3, -0.25) is 24.0 Å². The van der Waals surface area contributed by atoms with Gasteiger partial charge in [0.1, 0.15) is 23.8 Å². The molecule has 3 heterocycles. The van der Waals surface area contributed by atoms with Crippen molar-refractivity contribution >= 4 is 34.1 Å². The Morgan fingerprint density at radius 3 is 2.55 bits per heavy atom. The van der Waals surface area contributed by atoms with E-state index in [1.54, 1.807) is 6.07 Å². The van der Waals surface area contributed by atoms with Crippen LogP contribution >= 0.6 is 0 Å². The monoisotopic (exact) mass is 732 g/mol. The molecule has 2 aromatic heterocycles. The highest BCUT2D eigenvalue weighted by Crippen LogP contribution is 2.38. The van der Waals surface area contributed by atoms with Gasteiger partial charge in [0.2, 0.25) is 5.43 Å². The molecule has 0 amide bonds. The third-order valence-electron chi connectivity index (χ3n) is 10.2. The number of aliphatic hydroxyl groups excluding tert-OH is 1. The van der Waals surface area contributed by atoms with Gasteiger partial charge >= 0.3 is 11.7 Å². The highest BCUT2D eigenvalue weighted by molar-refractivity contribution is 5.94. The number of aryl methyl sites for hydroxylation is 2. The van der Waals surface area contributed by atoms with Gasteiger partial charge < -0.3 is 29.4 Å². The highest BCUT2D eigenvalue weighted by Gasteiger charge is 2.30. The van der Waals surface area contributed by atoms with Crippen molar-refractivity contribution in [1.29, 1.82) is 0 Å². The van der Waals surface area contributed by atoms with Crippen molar-refractivity contribution in [1.82, 2.24) is 19.0 Å². The number of fused-ring (bicyclic) bond motifs is 1. The van der Waals surface area contributed by atoms with Crippen LogP contribution in [0.2, 0.25) is 0 Å². The molecule has 6 rings (SSSR count). The van der Waals surface area contributed by atoms with E-state index in [9.17, 15) is 19.2 Å². The van der Waals surface area contributed by atoms with Gasteiger partial charge in [0.25, 0.3) is 5.56 Å². The van der Waals surface area contributed by atoms with E-state index in [1.165, 1.54) is 34.0 Å². The summed E-state index contributed by atoms with van der Waals surface area (Å²) < 4.78 is 29.2. The average molecular weight is 733 g/mol. The van der Waals surface area contributed by atoms with Crippen LogP contribution < -0.4 is 26.9 Å². The van der Waals surface area contributed by atoms with E-state index in [4.69, 9.17) is 14.6 Å². The van der Waals surface area contributed by atoms with Crippen molar-refractivity contribution < 1.29 is 23.8 Å². The fourth-order valence-electron chi connectivity index (χ4n) is 7.05. The molecule has 1 saturated heterocycles. The summed E-state index contributed by atoms with van der Waals surface area (Å²) in [6.45, 7) is 9.14. The van der Waals surface area contributed by atoms with Crippen molar-refractivity contribution in [3.63, 3.8) is 0 Å². The van der Waals surface area contributed by atoms with E-state index >= 15 is 4.39 Å². The van der Waals surface area contributed by atoms with Gasteiger partial charge in [-0.2, -0.15) is 0 Å². The van der Waals surface area contributed by atoms with Gasteiger partial charge in [-0.25, -0.2) is 14.0 Å². The van der Waals surface area contributed by atoms with Gasteiger partial charge in [-0.15, -0.1) is 0 Å². The number of unbranched alkanes of at least 4 members (excludes halogenated alkanes) is 1. The number of H-pyrrole nitrogens is 1. The third kappa shape index (κ3) is 8.89. The predicted molar refractivity (Wildman–Crippen MR) is 202 cm³/mol. The molecule has 0 bridgehead atoms. The zero-order valence-corrected chi connectivity index (χ0v) is 30.7. The second-order valence-corrected chi connectivity index (χ2v) is 13.9. The highest BCUT2D eigenvalue weighted by atomic mass is 19.1. The molecule has 2 aliphatic rings. The molecule has 14 heteroatoms. The summed E-state index contributed by atoms with van der Waals surface area (Å²) in [5.74, 6) is -0.960. The summed E-state index contributed by atoms with van der Waals surface area (Å²) >= 11 is 0. The summed E-state index contributed by atoms with van der Waals surface area (Å²) in [5.41, 5.74) is 2.66. The van der Waals surface area contributed by atoms with Crippen molar-refractivity contribution in [3.05, 3.63) is 96.2 Å². The number of pyridine rings is 1. The molecule has 0 radical (unpaired) electrons. The van der Waals surface area contributed by atoms with Crippen LogP contribution in [0.4, 0.5) is 21.6 Å². The number of rotatable bonds is 16. The maximum Gasteiger partial charge on any atom is 0.343 e. The standard InChI is InChI=1S/C39H49FN6O7/c1-4-27-19-28(8-7-25(27)2)41-35-22-36(48)45(39(51)42-35)12-6-5-11-43-13-14-44(23-26(43)3)34-21-33-30(20-32(34)40)37(49)31(24-46(33)29-9-10-29)38(50)53-18-17-52-16-15-47/h7-8,19-22,24,26,29,41,47H,4-6,9-18,23H2,1-3H3,(H,42,51). The van der Waals surface area contributed by atoms with E-state index in [1.807, 2.05) is 27.7 Å². The van der Waals surface area contributed by atoms with Gasteiger partial charge in [-0.05, 0) is 87.9 Å². The van der Waals surface area contributed by atoms with Crippen molar-refractivity contribution in [2.24, 2.45) is 0 Å². The summed E-state index contributed by atoms with van der Waals surface area (Å²) in [6.07, 6.45) is 5.62. The summed E-state index contributed by atoms with van der Waals surface area (Å²) in [4.78, 5) is 59.0. The van der Waals surface area contributed by atoms with Gasteiger partial charge in [-0.1, -0.05) is 13.0 Å². The molecule has 1 aliphatic heterocycles. The van der Waals surface area contributed by atoms with E-state index in [-0.39, 0.29) is 55.0 Å².